The summed E-state index contributed by atoms with van der Waals surface area (Å²) in [4.78, 5) is 20.7. The van der Waals surface area contributed by atoms with Crippen LogP contribution in [-0.4, -0.2) is 62.1 Å². The van der Waals surface area contributed by atoms with E-state index in [1.165, 1.54) is 24.3 Å². The quantitative estimate of drug-likeness (QED) is 0.412. The maximum Gasteiger partial charge on any atom is 0.335 e. The molecular weight excluding hydrogens is 308 g/mol. The maximum atomic E-state index is 10.3. The largest absolute Gasteiger partial charge is 0.478 e. The van der Waals surface area contributed by atoms with E-state index in [1.54, 1.807) is 0 Å². The predicted octanol–water partition coefficient (Wildman–Crippen LogP) is 0.541. The molecule has 0 bridgehead atoms. The van der Waals surface area contributed by atoms with E-state index in [2.05, 4.69) is 0 Å². The third-order valence-corrected chi connectivity index (χ3v) is 2.29. The average molecular weight is 332 g/mol. The molecule has 0 aromatic heterocycles. The molecule has 0 saturated heterocycles. The van der Waals surface area contributed by atoms with Crippen LogP contribution >= 0.6 is 0 Å². The minimum Gasteiger partial charge on any atom is -0.478 e. The van der Waals surface area contributed by atoms with Gasteiger partial charge < -0.3 is 30.6 Å². The molecule has 0 aliphatic heterocycles. The van der Waals surface area contributed by atoms with E-state index in [9.17, 15) is 9.59 Å². The molecule has 0 amide bonds. The van der Waals surface area contributed by atoms with Crippen molar-refractivity contribution >= 4 is 11.9 Å². The second kappa shape index (κ2) is 14.9. The molecule has 8 nitrogen and oxygen atoms in total. The molecule has 0 saturated carbocycles. The first-order valence-electron chi connectivity index (χ1n) is 6.94. The summed E-state index contributed by atoms with van der Waals surface area (Å²) >= 11 is 0. The van der Waals surface area contributed by atoms with Gasteiger partial charge in [-0.05, 0) is 37.1 Å². The molecule has 23 heavy (non-hydrogen) atoms. The lowest BCUT2D eigenvalue weighted by Crippen LogP contribution is -2.02. The third-order valence-electron chi connectivity index (χ3n) is 2.29. The van der Waals surface area contributed by atoms with Crippen molar-refractivity contribution in [2.24, 2.45) is 0 Å². The lowest BCUT2D eigenvalue weighted by molar-refractivity contribution is -0.0463. The number of carboxylic acid groups (broad SMARTS) is 2. The van der Waals surface area contributed by atoms with Gasteiger partial charge in [0.1, 0.15) is 0 Å². The molecule has 0 fully saturated rings. The van der Waals surface area contributed by atoms with E-state index in [0.29, 0.717) is 6.42 Å². The molecule has 0 aliphatic carbocycles. The van der Waals surface area contributed by atoms with Crippen molar-refractivity contribution < 1.29 is 40.2 Å². The highest BCUT2D eigenvalue weighted by atomic mass is 16.5. The van der Waals surface area contributed by atoms with Gasteiger partial charge in [-0.2, -0.15) is 0 Å². The zero-order chi connectivity index (χ0) is 18.3. The average Bonchev–Trinajstić information content (AvgIpc) is 2.53. The van der Waals surface area contributed by atoms with Gasteiger partial charge in [-0.3, -0.25) is 0 Å². The zero-order valence-electron chi connectivity index (χ0n) is 12.9. The van der Waals surface area contributed by atoms with E-state index in [1.807, 2.05) is 6.92 Å². The van der Waals surface area contributed by atoms with Gasteiger partial charge in [0, 0.05) is 0 Å². The Labute approximate surface area is 134 Å². The topological polar surface area (TPSA) is 156 Å². The van der Waals surface area contributed by atoms with Crippen LogP contribution in [0.3, 0.4) is 0 Å². The van der Waals surface area contributed by atoms with Gasteiger partial charge in [0.15, 0.2) is 6.29 Å². The van der Waals surface area contributed by atoms with Gasteiger partial charge >= 0.3 is 11.9 Å². The number of rotatable bonds is 6. The summed E-state index contributed by atoms with van der Waals surface area (Å²) in [5.41, 5.74) is 0.167. The summed E-state index contributed by atoms with van der Waals surface area (Å²) in [7, 11) is 0. The van der Waals surface area contributed by atoms with Crippen LogP contribution in [0.15, 0.2) is 24.3 Å². The van der Waals surface area contributed by atoms with Crippen molar-refractivity contribution in [1.82, 2.24) is 0 Å². The van der Waals surface area contributed by atoms with Gasteiger partial charge in [0.05, 0.1) is 24.3 Å². The summed E-state index contributed by atoms with van der Waals surface area (Å²) in [6, 6.07) is 5.02. The van der Waals surface area contributed by atoms with Crippen LogP contribution in [0.2, 0.25) is 0 Å². The first-order chi connectivity index (χ1) is 10.8. The number of unbranched alkanes of at least 4 members (excludes halogenated alkanes) is 1. The number of carbonyl (C=O) groups is 2. The fourth-order valence-electron chi connectivity index (χ4n) is 1.14. The van der Waals surface area contributed by atoms with Crippen LogP contribution in [0.4, 0.5) is 0 Å². The SMILES string of the molecule is CCCCC(O)O.O=C(O)c1ccc(C(=O)O)cc1.OCCO. The van der Waals surface area contributed by atoms with Crippen molar-refractivity contribution in [2.45, 2.75) is 32.5 Å². The first kappa shape index (κ1) is 23.3. The number of aliphatic hydroxyl groups excluding tert-OH is 3. The number of carboxylic acids is 2. The minimum atomic E-state index is -1.10. The molecule has 0 aliphatic rings. The van der Waals surface area contributed by atoms with E-state index in [-0.39, 0.29) is 24.3 Å². The molecule has 132 valence electrons. The van der Waals surface area contributed by atoms with Crippen molar-refractivity contribution in [2.75, 3.05) is 13.2 Å². The van der Waals surface area contributed by atoms with Crippen molar-refractivity contribution in [3.05, 3.63) is 35.4 Å². The molecule has 1 aromatic carbocycles. The van der Waals surface area contributed by atoms with Gasteiger partial charge in [0.25, 0.3) is 0 Å². The predicted molar refractivity (Wildman–Crippen MR) is 82.3 cm³/mol. The highest BCUT2D eigenvalue weighted by Gasteiger charge is 2.04. The first-order valence-corrected chi connectivity index (χ1v) is 6.94. The maximum absolute atomic E-state index is 10.3. The highest BCUT2D eigenvalue weighted by Crippen LogP contribution is 2.03. The molecule has 8 heteroatoms. The number of aliphatic hydroxyl groups is 4. The van der Waals surface area contributed by atoms with Crippen molar-refractivity contribution in [3.8, 4) is 0 Å². The lowest BCUT2D eigenvalue weighted by Gasteiger charge is -1.97. The highest BCUT2D eigenvalue weighted by molar-refractivity contribution is 5.91. The summed E-state index contributed by atoms with van der Waals surface area (Å²) in [5, 5.41) is 48.7. The molecule has 0 radical (unpaired) electrons. The number of hydrogen-bond donors (Lipinski definition) is 6. The Morgan fingerprint density at radius 3 is 1.39 bits per heavy atom. The molecule has 0 spiro atoms. The lowest BCUT2D eigenvalue weighted by atomic mass is 10.1. The fourth-order valence-corrected chi connectivity index (χ4v) is 1.14. The molecule has 0 atom stereocenters. The Morgan fingerprint density at radius 1 is 0.913 bits per heavy atom. The number of aromatic carboxylic acids is 2. The Bertz CT molecular complexity index is 393. The smallest absolute Gasteiger partial charge is 0.335 e. The minimum absolute atomic E-state index is 0.0833. The second-order valence-corrected chi connectivity index (χ2v) is 4.26. The third kappa shape index (κ3) is 14.7. The molecular formula is C15H24O8. The van der Waals surface area contributed by atoms with E-state index in [0.717, 1.165) is 12.8 Å². The standard InChI is InChI=1S/C8H6O4.C5H12O2.C2H6O2/c9-7(10)5-1-2-6(4-3-5)8(11)12;1-2-3-4-5(6)7;3-1-2-4/h1-4H,(H,9,10)(H,11,12);5-7H,2-4H2,1H3;3-4H,1-2H2. The van der Waals surface area contributed by atoms with E-state index >= 15 is 0 Å². The van der Waals surface area contributed by atoms with Crippen LogP contribution in [-0.2, 0) is 0 Å². The summed E-state index contributed by atoms with van der Waals surface area (Å²) < 4.78 is 0. The van der Waals surface area contributed by atoms with Gasteiger partial charge in [-0.25, -0.2) is 9.59 Å². The van der Waals surface area contributed by atoms with Gasteiger partial charge in [-0.15, -0.1) is 0 Å². The monoisotopic (exact) mass is 332 g/mol. The van der Waals surface area contributed by atoms with Crippen LogP contribution < -0.4 is 0 Å². The zero-order valence-corrected chi connectivity index (χ0v) is 12.9. The molecule has 1 aromatic rings. The van der Waals surface area contributed by atoms with Gasteiger partial charge in [-0.1, -0.05) is 13.3 Å². The van der Waals surface area contributed by atoms with E-state index in [4.69, 9.17) is 30.6 Å². The molecule has 6 N–H and O–H groups in total. The van der Waals surface area contributed by atoms with Crippen molar-refractivity contribution in [3.63, 3.8) is 0 Å². The molecule has 0 heterocycles. The van der Waals surface area contributed by atoms with Crippen molar-refractivity contribution in [1.29, 1.82) is 0 Å². The summed E-state index contributed by atoms with van der Waals surface area (Å²) in [6.45, 7) is 1.77. The van der Waals surface area contributed by atoms with E-state index < -0.39 is 18.2 Å². The Hall–Kier alpha value is -2.00. The summed E-state index contributed by atoms with van der Waals surface area (Å²) in [6.07, 6.45) is 1.34. The Balaban J connectivity index is 0. The number of hydrogen-bond acceptors (Lipinski definition) is 6. The van der Waals surface area contributed by atoms with Crippen LogP contribution in [0.1, 0.15) is 46.9 Å². The Morgan fingerprint density at radius 2 is 1.26 bits per heavy atom. The number of benzene rings is 1. The second-order valence-electron chi connectivity index (χ2n) is 4.26. The van der Waals surface area contributed by atoms with Crippen LogP contribution in [0.25, 0.3) is 0 Å². The summed E-state index contributed by atoms with van der Waals surface area (Å²) in [5.74, 6) is -2.13. The molecule has 1 rings (SSSR count). The van der Waals surface area contributed by atoms with Crippen LogP contribution in [0.5, 0.6) is 0 Å². The fraction of sp³-hybridized carbons (Fsp3) is 0.467. The van der Waals surface area contributed by atoms with Crippen LogP contribution in [0, 0.1) is 0 Å². The normalized spacial score (nSPS) is 9.30. The molecule has 0 unspecified atom stereocenters. The Kier molecular flexibility index (Phi) is 15.1. The van der Waals surface area contributed by atoms with Gasteiger partial charge in [0.2, 0.25) is 0 Å².